The van der Waals surface area contributed by atoms with E-state index in [1.807, 2.05) is 79.9 Å². The number of nitrogens with one attached hydrogen (secondary N) is 1. The number of para-hydroxylation sites is 1. The molecule has 1 aromatic heterocycles. The molecule has 7 heteroatoms. The third-order valence-electron chi connectivity index (χ3n) is 5.33. The minimum Gasteiger partial charge on any atom is -0.359 e. The van der Waals surface area contributed by atoms with E-state index in [-0.39, 0.29) is 5.91 Å². The van der Waals surface area contributed by atoms with Crippen molar-refractivity contribution in [1.82, 2.24) is 9.97 Å². The largest absolute Gasteiger partial charge is 0.359 e. The second-order valence-corrected chi connectivity index (χ2v) is 8.64. The van der Waals surface area contributed by atoms with Gasteiger partial charge in [0.05, 0.1) is 12.1 Å². The summed E-state index contributed by atoms with van der Waals surface area (Å²) < 4.78 is 7.57. The van der Waals surface area contributed by atoms with Crippen LogP contribution in [0.1, 0.15) is 15.9 Å². The van der Waals surface area contributed by atoms with Gasteiger partial charge < -0.3 is 10.1 Å². The van der Waals surface area contributed by atoms with Gasteiger partial charge in [-0.3, -0.25) is 9.10 Å². The predicted octanol–water partition coefficient (Wildman–Crippen LogP) is 5.30. The summed E-state index contributed by atoms with van der Waals surface area (Å²) in [5.41, 5.74) is 5.16. The molecule has 0 unspecified atom stereocenters. The summed E-state index contributed by atoms with van der Waals surface area (Å²) in [6.07, 6.45) is 1.83. The van der Waals surface area contributed by atoms with Crippen LogP contribution in [0.5, 0.6) is 0 Å². The number of aryl methyl sites for hydroxylation is 1. The molecule has 2 heterocycles. The van der Waals surface area contributed by atoms with Crippen molar-refractivity contribution in [1.29, 1.82) is 0 Å². The predicted molar refractivity (Wildman–Crippen MR) is 130 cm³/mol. The fourth-order valence-corrected chi connectivity index (χ4v) is 4.40. The molecule has 0 radical (unpaired) electrons. The van der Waals surface area contributed by atoms with E-state index in [0.717, 1.165) is 40.1 Å². The van der Waals surface area contributed by atoms with E-state index in [4.69, 9.17) is 9.72 Å². The number of benzene rings is 3. The Kier molecular flexibility index (Phi) is 5.75. The van der Waals surface area contributed by atoms with Crippen molar-refractivity contribution < 1.29 is 9.53 Å². The van der Waals surface area contributed by atoms with Gasteiger partial charge in [0.25, 0.3) is 5.91 Å². The van der Waals surface area contributed by atoms with Gasteiger partial charge >= 0.3 is 0 Å². The van der Waals surface area contributed by atoms with Crippen LogP contribution in [0.3, 0.4) is 0 Å². The third kappa shape index (κ3) is 4.30. The fourth-order valence-electron chi connectivity index (χ4n) is 3.57. The van der Waals surface area contributed by atoms with E-state index < -0.39 is 0 Å². The highest BCUT2D eigenvalue weighted by molar-refractivity contribution is 8.00. The first-order valence-electron chi connectivity index (χ1n) is 10.4. The van der Waals surface area contributed by atoms with E-state index in [1.165, 1.54) is 0 Å². The first kappa shape index (κ1) is 20.5. The van der Waals surface area contributed by atoms with Gasteiger partial charge in [-0.1, -0.05) is 24.3 Å². The van der Waals surface area contributed by atoms with Crippen LogP contribution in [0.25, 0.3) is 22.3 Å². The summed E-state index contributed by atoms with van der Waals surface area (Å²) >= 11 is 1.73. The number of hydrogen-bond donors (Lipinski definition) is 1. The first-order chi connectivity index (χ1) is 15.7. The van der Waals surface area contributed by atoms with Crippen molar-refractivity contribution in [2.24, 2.45) is 0 Å². The van der Waals surface area contributed by atoms with Crippen molar-refractivity contribution >= 4 is 40.1 Å². The highest BCUT2D eigenvalue weighted by atomic mass is 32.2. The van der Waals surface area contributed by atoms with E-state index in [2.05, 4.69) is 14.6 Å². The molecule has 0 bridgehead atoms. The molecule has 1 amide bonds. The summed E-state index contributed by atoms with van der Waals surface area (Å²) in [5, 5.41) is 3.99. The summed E-state index contributed by atoms with van der Waals surface area (Å²) in [5.74, 6) is 1.41. The number of amides is 1. The zero-order valence-electron chi connectivity index (χ0n) is 17.6. The van der Waals surface area contributed by atoms with Crippen molar-refractivity contribution in [3.8, 4) is 11.4 Å². The Morgan fingerprint density at radius 3 is 2.75 bits per heavy atom. The quantitative estimate of drug-likeness (QED) is 0.433. The van der Waals surface area contributed by atoms with Gasteiger partial charge in [0.2, 0.25) is 0 Å². The number of fused-ring (bicyclic) bond motifs is 1. The van der Waals surface area contributed by atoms with E-state index >= 15 is 0 Å². The van der Waals surface area contributed by atoms with Gasteiger partial charge in [-0.2, -0.15) is 0 Å². The summed E-state index contributed by atoms with van der Waals surface area (Å²) in [7, 11) is 0. The summed E-state index contributed by atoms with van der Waals surface area (Å²) in [6.45, 7) is 3.34. The number of carbonyl (C=O) groups is 1. The number of anilines is 2. The fraction of sp³-hybridized carbons (Fsp3) is 0.160. The number of ether oxygens (including phenoxy) is 1. The normalized spacial score (nSPS) is 13.8. The van der Waals surface area contributed by atoms with Crippen LogP contribution in [-0.2, 0) is 4.74 Å². The first-order valence-corrected chi connectivity index (χ1v) is 11.3. The molecule has 4 aromatic rings. The van der Waals surface area contributed by atoms with Gasteiger partial charge in [-0.05, 0) is 66.9 Å². The van der Waals surface area contributed by atoms with Crippen LogP contribution in [0.2, 0.25) is 0 Å². The van der Waals surface area contributed by atoms with Crippen LogP contribution in [0.4, 0.5) is 11.4 Å². The highest BCUT2D eigenvalue weighted by Gasteiger charge is 2.14. The van der Waals surface area contributed by atoms with Crippen LogP contribution in [-0.4, -0.2) is 35.0 Å². The second kappa shape index (κ2) is 8.98. The molecule has 0 spiro atoms. The Morgan fingerprint density at radius 2 is 1.94 bits per heavy atom. The molecule has 1 aliphatic rings. The zero-order valence-corrected chi connectivity index (χ0v) is 18.4. The van der Waals surface area contributed by atoms with Crippen LogP contribution < -0.4 is 9.62 Å². The molecule has 3 aromatic carbocycles. The van der Waals surface area contributed by atoms with Gasteiger partial charge in [-0.15, -0.1) is 0 Å². The maximum absolute atomic E-state index is 12.8. The minimum absolute atomic E-state index is 0.159. The number of aromatic nitrogens is 2. The van der Waals surface area contributed by atoms with Gasteiger partial charge in [-0.25, -0.2) is 9.97 Å². The average molecular weight is 443 g/mol. The van der Waals surface area contributed by atoms with Crippen molar-refractivity contribution in [2.75, 3.05) is 28.7 Å². The average Bonchev–Trinajstić information content (AvgIpc) is 2.85. The smallest absolute Gasteiger partial charge is 0.255 e. The van der Waals surface area contributed by atoms with Crippen molar-refractivity contribution in [3.05, 3.63) is 84.1 Å². The Hall–Kier alpha value is -3.42. The molecule has 0 aliphatic carbocycles. The molecule has 160 valence electrons. The van der Waals surface area contributed by atoms with Crippen LogP contribution in [0.15, 0.2) is 72.9 Å². The SMILES string of the molecule is Cc1ccc(NC(=O)c2ccc(N3COCCS3)cc2)cc1-c1ncc2ccccc2n1. The standard InChI is InChI=1S/C25H22N4O2S/c1-17-6-9-20(14-22(17)24-26-15-19-4-2-3-5-23(19)28-24)27-25(30)18-7-10-21(11-8-18)29-16-31-12-13-32-29/h2-11,14-15H,12-13,16H2,1H3,(H,27,30). The third-order valence-corrected chi connectivity index (χ3v) is 6.30. The molecular formula is C25H22N4O2S. The molecule has 0 atom stereocenters. The molecule has 1 saturated heterocycles. The number of carbonyl (C=O) groups excluding carboxylic acids is 1. The molecule has 1 N–H and O–H groups in total. The lowest BCUT2D eigenvalue weighted by Crippen LogP contribution is -2.25. The Bertz CT molecular complexity index is 1270. The van der Waals surface area contributed by atoms with Crippen molar-refractivity contribution in [2.45, 2.75) is 6.92 Å². The number of rotatable bonds is 4. The second-order valence-electron chi connectivity index (χ2n) is 7.53. The van der Waals surface area contributed by atoms with Gasteiger partial charge in [0.1, 0.15) is 6.73 Å². The van der Waals surface area contributed by atoms with Crippen LogP contribution >= 0.6 is 11.9 Å². The maximum atomic E-state index is 12.8. The number of nitrogens with zero attached hydrogens (tertiary/aromatic N) is 3. The summed E-state index contributed by atoms with van der Waals surface area (Å²) in [4.78, 5) is 22.1. The monoisotopic (exact) mass is 442 g/mol. The number of hydrogen-bond acceptors (Lipinski definition) is 6. The van der Waals surface area contributed by atoms with E-state index in [1.54, 1.807) is 11.9 Å². The zero-order chi connectivity index (χ0) is 21.9. The van der Waals surface area contributed by atoms with E-state index in [9.17, 15) is 4.79 Å². The lowest BCUT2D eigenvalue weighted by molar-refractivity contribution is 0.102. The topological polar surface area (TPSA) is 67.4 Å². The molecule has 6 nitrogen and oxygen atoms in total. The minimum atomic E-state index is -0.159. The van der Waals surface area contributed by atoms with E-state index in [0.29, 0.717) is 23.8 Å². The molecular weight excluding hydrogens is 420 g/mol. The highest BCUT2D eigenvalue weighted by Crippen LogP contribution is 2.27. The van der Waals surface area contributed by atoms with Crippen LogP contribution in [0, 0.1) is 6.92 Å². The Morgan fingerprint density at radius 1 is 1.09 bits per heavy atom. The van der Waals surface area contributed by atoms with Crippen molar-refractivity contribution in [3.63, 3.8) is 0 Å². The molecule has 32 heavy (non-hydrogen) atoms. The Labute approximate surface area is 190 Å². The molecule has 5 rings (SSSR count). The molecule has 1 aliphatic heterocycles. The lowest BCUT2D eigenvalue weighted by Gasteiger charge is -2.27. The Balaban J connectivity index is 1.35. The lowest BCUT2D eigenvalue weighted by atomic mass is 10.1. The summed E-state index contributed by atoms with van der Waals surface area (Å²) in [6, 6.07) is 21.2. The van der Waals surface area contributed by atoms with Gasteiger partial charge in [0.15, 0.2) is 5.82 Å². The molecule has 0 saturated carbocycles. The maximum Gasteiger partial charge on any atom is 0.255 e. The molecule has 1 fully saturated rings. The van der Waals surface area contributed by atoms with Gasteiger partial charge in [0, 0.05) is 39.8 Å².